The highest BCUT2D eigenvalue weighted by Crippen LogP contribution is 2.23. The second-order valence-corrected chi connectivity index (χ2v) is 5.04. The van der Waals surface area contributed by atoms with Crippen LogP contribution in [0.4, 0.5) is 11.4 Å². The lowest BCUT2D eigenvalue weighted by Gasteiger charge is -2.13. The minimum absolute atomic E-state index is 0.108. The van der Waals surface area contributed by atoms with Crippen LogP contribution in [0.1, 0.15) is 28.4 Å². The monoisotopic (exact) mass is 313 g/mol. The molecule has 0 fully saturated rings. The van der Waals surface area contributed by atoms with Gasteiger partial charge in [0, 0.05) is 31.4 Å². The molecule has 0 radical (unpaired) electrons. The highest BCUT2D eigenvalue weighted by molar-refractivity contribution is 6.00. The van der Waals surface area contributed by atoms with Crippen molar-refractivity contribution < 1.29 is 9.72 Å². The Kier molecular flexibility index (Phi) is 5.30. The standard InChI is InChI=1S/C17H19N3O3/c1-3-12-6-4-5-7-13(12)11-19-16-9-8-14(20(22)23)10-15(16)17(21)18-2/h4-10,19H,3,11H2,1-2H3,(H,18,21). The van der Waals surface area contributed by atoms with Gasteiger partial charge in [-0.3, -0.25) is 14.9 Å². The SMILES string of the molecule is CCc1ccccc1CNc1ccc([N+](=O)[O-])cc1C(=O)NC. The van der Waals surface area contributed by atoms with Gasteiger partial charge in [0.1, 0.15) is 0 Å². The number of rotatable bonds is 6. The number of carbonyl (C=O) groups is 1. The zero-order chi connectivity index (χ0) is 16.8. The predicted octanol–water partition coefficient (Wildman–Crippen LogP) is 3.13. The van der Waals surface area contributed by atoms with Gasteiger partial charge in [-0.15, -0.1) is 0 Å². The van der Waals surface area contributed by atoms with Gasteiger partial charge in [0.05, 0.1) is 10.5 Å². The summed E-state index contributed by atoms with van der Waals surface area (Å²) in [6, 6.07) is 12.3. The third-order valence-corrected chi connectivity index (χ3v) is 3.65. The van der Waals surface area contributed by atoms with E-state index in [1.54, 1.807) is 6.07 Å². The number of nitrogens with zero attached hydrogens (tertiary/aromatic N) is 1. The molecule has 6 nitrogen and oxygen atoms in total. The van der Waals surface area contributed by atoms with Gasteiger partial charge in [-0.05, 0) is 23.6 Å². The van der Waals surface area contributed by atoms with Crippen molar-refractivity contribution in [1.82, 2.24) is 5.32 Å². The second-order valence-electron chi connectivity index (χ2n) is 5.04. The van der Waals surface area contributed by atoms with Crippen LogP contribution in [-0.4, -0.2) is 17.9 Å². The number of aryl methyl sites for hydroxylation is 1. The molecule has 0 saturated heterocycles. The number of amides is 1. The van der Waals surface area contributed by atoms with E-state index in [4.69, 9.17) is 0 Å². The van der Waals surface area contributed by atoms with Gasteiger partial charge in [-0.1, -0.05) is 31.2 Å². The van der Waals surface area contributed by atoms with E-state index in [0.29, 0.717) is 12.2 Å². The number of nitro benzene ring substituents is 1. The molecule has 120 valence electrons. The maximum Gasteiger partial charge on any atom is 0.270 e. The summed E-state index contributed by atoms with van der Waals surface area (Å²) in [4.78, 5) is 22.4. The maximum absolute atomic E-state index is 12.0. The molecule has 0 aliphatic carbocycles. The number of hydrogen-bond acceptors (Lipinski definition) is 4. The number of carbonyl (C=O) groups excluding carboxylic acids is 1. The number of nitro groups is 1. The van der Waals surface area contributed by atoms with E-state index in [2.05, 4.69) is 23.6 Å². The van der Waals surface area contributed by atoms with E-state index in [1.807, 2.05) is 18.2 Å². The molecule has 0 aliphatic heterocycles. The van der Waals surface area contributed by atoms with Crippen LogP contribution < -0.4 is 10.6 Å². The van der Waals surface area contributed by atoms with E-state index < -0.39 is 4.92 Å². The molecule has 0 atom stereocenters. The van der Waals surface area contributed by atoms with E-state index in [-0.39, 0.29) is 17.2 Å². The van der Waals surface area contributed by atoms with Crippen molar-refractivity contribution >= 4 is 17.3 Å². The minimum atomic E-state index is -0.511. The van der Waals surface area contributed by atoms with E-state index in [1.165, 1.54) is 24.7 Å². The first kappa shape index (κ1) is 16.5. The van der Waals surface area contributed by atoms with Crippen LogP contribution in [0.3, 0.4) is 0 Å². The number of hydrogen-bond donors (Lipinski definition) is 2. The predicted molar refractivity (Wildman–Crippen MR) is 89.6 cm³/mol. The Morgan fingerprint density at radius 3 is 2.48 bits per heavy atom. The number of benzene rings is 2. The molecule has 1 amide bonds. The topological polar surface area (TPSA) is 84.3 Å². The molecule has 2 aromatic rings. The van der Waals surface area contributed by atoms with Crippen LogP contribution in [0.15, 0.2) is 42.5 Å². The zero-order valence-electron chi connectivity index (χ0n) is 13.1. The Bertz CT molecular complexity index is 729. The molecule has 0 aliphatic rings. The second kappa shape index (κ2) is 7.40. The smallest absolute Gasteiger partial charge is 0.270 e. The zero-order valence-corrected chi connectivity index (χ0v) is 13.1. The fraction of sp³-hybridized carbons (Fsp3) is 0.235. The van der Waals surface area contributed by atoms with Crippen LogP contribution in [0.5, 0.6) is 0 Å². The van der Waals surface area contributed by atoms with Crippen molar-refractivity contribution in [3.8, 4) is 0 Å². The van der Waals surface area contributed by atoms with Crippen LogP contribution in [0.25, 0.3) is 0 Å². The van der Waals surface area contributed by atoms with Crippen LogP contribution in [0, 0.1) is 10.1 Å². The first-order valence-corrected chi connectivity index (χ1v) is 7.38. The fourth-order valence-electron chi connectivity index (χ4n) is 2.39. The molecule has 0 heterocycles. The molecule has 0 bridgehead atoms. The Labute approximate surface area is 134 Å². The largest absolute Gasteiger partial charge is 0.380 e. The molecule has 0 spiro atoms. The molecule has 0 aromatic heterocycles. The highest BCUT2D eigenvalue weighted by atomic mass is 16.6. The molecule has 2 rings (SSSR count). The molecular weight excluding hydrogens is 294 g/mol. The van der Waals surface area contributed by atoms with Gasteiger partial charge in [0.25, 0.3) is 11.6 Å². The summed E-state index contributed by atoms with van der Waals surface area (Å²) in [5.74, 6) is -0.361. The average Bonchev–Trinajstić information content (AvgIpc) is 2.59. The third-order valence-electron chi connectivity index (χ3n) is 3.65. The van der Waals surface area contributed by atoms with Crippen LogP contribution >= 0.6 is 0 Å². The van der Waals surface area contributed by atoms with E-state index in [9.17, 15) is 14.9 Å². The van der Waals surface area contributed by atoms with Crippen molar-refractivity contribution in [2.75, 3.05) is 12.4 Å². The Hall–Kier alpha value is -2.89. The normalized spacial score (nSPS) is 10.2. The summed E-state index contributed by atoms with van der Waals surface area (Å²) in [5.41, 5.74) is 3.08. The summed E-state index contributed by atoms with van der Waals surface area (Å²) < 4.78 is 0. The average molecular weight is 313 g/mol. The minimum Gasteiger partial charge on any atom is -0.380 e. The van der Waals surface area contributed by atoms with Gasteiger partial charge in [-0.2, -0.15) is 0 Å². The fourth-order valence-corrected chi connectivity index (χ4v) is 2.39. The highest BCUT2D eigenvalue weighted by Gasteiger charge is 2.16. The summed E-state index contributed by atoms with van der Waals surface area (Å²) >= 11 is 0. The summed E-state index contributed by atoms with van der Waals surface area (Å²) in [7, 11) is 1.50. The summed E-state index contributed by atoms with van der Waals surface area (Å²) in [6.07, 6.45) is 0.917. The molecule has 2 N–H and O–H groups in total. The van der Waals surface area contributed by atoms with Gasteiger partial charge in [-0.25, -0.2) is 0 Å². The lowest BCUT2D eigenvalue weighted by molar-refractivity contribution is -0.384. The number of anilines is 1. The van der Waals surface area contributed by atoms with Gasteiger partial charge >= 0.3 is 0 Å². The molecule has 0 saturated carbocycles. The van der Waals surface area contributed by atoms with Crippen molar-refractivity contribution in [1.29, 1.82) is 0 Å². The van der Waals surface area contributed by atoms with Crippen LogP contribution in [0.2, 0.25) is 0 Å². The van der Waals surface area contributed by atoms with Gasteiger partial charge in [0.15, 0.2) is 0 Å². The summed E-state index contributed by atoms with van der Waals surface area (Å²) in [5, 5.41) is 16.6. The summed E-state index contributed by atoms with van der Waals surface area (Å²) in [6.45, 7) is 2.63. The van der Waals surface area contributed by atoms with Crippen molar-refractivity contribution in [3.05, 3.63) is 69.3 Å². The molecule has 23 heavy (non-hydrogen) atoms. The van der Waals surface area contributed by atoms with Gasteiger partial charge < -0.3 is 10.6 Å². The molecule has 0 unspecified atom stereocenters. The van der Waals surface area contributed by atoms with Crippen molar-refractivity contribution in [3.63, 3.8) is 0 Å². The lowest BCUT2D eigenvalue weighted by Crippen LogP contribution is -2.20. The Morgan fingerprint density at radius 1 is 1.17 bits per heavy atom. The third kappa shape index (κ3) is 3.85. The van der Waals surface area contributed by atoms with E-state index in [0.717, 1.165) is 12.0 Å². The Balaban J connectivity index is 2.28. The first-order valence-electron chi connectivity index (χ1n) is 7.38. The number of non-ortho nitro benzene ring substituents is 1. The number of nitrogens with one attached hydrogen (secondary N) is 2. The molecule has 6 heteroatoms. The Morgan fingerprint density at radius 2 is 1.87 bits per heavy atom. The van der Waals surface area contributed by atoms with Gasteiger partial charge in [0.2, 0.25) is 0 Å². The van der Waals surface area contributed by atoms with Crippen molar-refractivity contribution in [2.24, 2.45) is 0 Å². The van der Waals surface area contributed by atoms with Crippen LogP contribution in [-0.2, 0) is 13.0 Å². The first-order chi connectivity index (χ1) is 11.1. The lowest BCUT2D eigenvalue weighted by atomic mass is 10.0. The van der Waals surface area contributed by atoms with E-state index >= 15 is 0 Å². The quantitative estimate of drug-likeness (QED) is 0.634. The molecule has 2 aromatic carbocycles. The molecular formula is C17H19N3O3. The maximum atomic E-state index is 12.0. The van der Waals surface area contributed by atoms with Crippen molar-refractivity contribution in [2.45, 2.75) is 19.9 Å².